The van der Waals surface area contributed by atoms with Crippen LogP contribution in [0, 0.1) is 0 Å². The van der Waals surface area contributed by atoms with Crippen molar-refractivity contribution in [2.45, 2.75) is 32.9 Å². The minimum Gasteiger partial charge on any atom is -0.492 e. The number of halogens is 1. The van der Waals surface area contributed by atoms with Crippen molar-refractivity contribution in [1.29, 1.82) is 0 Å². The maximum atomic E-state index is 12.7. The molecule has 0 aliphatic heterocycles. The number of aromatic nitrogens is 4. The highest BCUT2D eigenvalue weighted by Gasteiger charge is 2.22. The molecule has 0 unspecified atom stereocenters. The van der Waals surface area contributed by atoms with Crippen molar-refractivity contribution >= 4 is 22.0 Å². The number of hydrogen-bond acceptors (Lipinski definition) is 6. The normalized spacial score (nSPS) is 11.2. The van der Waals surface area contributed by atoms with Crippen molar-refractivity contribution in [3.8, 4) is 11.4 Å². The molecule has 0 fully saturated rings. The third-order valence-corrected chi connectivity index (χ3v) is 4.85. The van der Waals surface area contributed by atoms with Crippen LogP contribution in [0.25, 0.3) is 5.69 Å². The summed E-state index contributed by atoms with van der Waals surface area (Å²) in [7, 11) is 0. The lowest BCUT2D eigenvalue weighted by molar-refractivity contribution is 0.0217. The van der Waals surface area contributed by atoms with Crippen LogP contribution in [-0.2, 0) is 11.3 Å². The number of tetrazole rings is 1. The first-order valence-electron chi connectivity index (χ1n) is 10.2. The van der Waals surface area contributed by atoms with Crippen molar-refractivity contribution < 1.29 is 14.3 Å². The van der Waals surface area contributed by atoms with Crippen LogP contribution in [0.3, 0.4) is 0 Å². The molecular weight excluding hydrogens is 478 g/mol. The first-order chi connectivity index (χ1) is 15.2. The number of rotatable bonds is 8. The fraction of sp³-hybridized carbons (Fsp3) is 0.364. The third-order valence-electron chi connectivity index (χ3n) is 4.32. The lowest BCUT2D eigenvalue weighted by Gasteiger charge is -2.27. The molecule has 1 heterocycles. The summed E-state index contributed by atoms with van der Waals surface area (Å²) in [6, 6.07) is 16.5. The van der Waals surface area contributed by atoms with E-state index in [-0.39, 0.29) is 19.7 Å². The maximum Gasteiger partial charge on any atom is 0.410 e. The van der Waals surface area contributed by atoms with Crippen LogP contribution >= 0.6 is 15.9 Å². The zero-order valence-corrected chi connectivity index (χ0v) is 19.9. The average Bonchev–Trinajstić information content (AvgIpc) is 3.11. The number of amides is 1. The smallest absolute Gasteiger partial charge is 0.410 e. The van der Waals surface area contributed by atoms with Crippen molar-refractivity contribution in [3.05, 3.63) is 69.6 Å². The summed E-state index contributed by atoms with van der Waals surface area (Å²) in [6.45, 7) is 6.36. The predicted octanol–water partition coefficient (Wildman–Crippen LogP) is 3.51. The summed E-state index contributed by atoms with van der Waals surface area (Å²) < 4.78 is 14.5. The molecule has 170 valence electrons. The van der Waals surface area contributed by atoms with Gasteiger partial charge in [0.1, 0.15) is 18.0 Å². The fourth-order valence-corrected chi connectivity index (χ4v) is 3.05. The molecule has 0 saturated carbocycles. The van der Waals surface area contributed by atoms with Gasteiger partial charge in [0.15, 0.2) is 0 Å². The van der Waals surface area contributed by atoms with E-state index in [9.17, 15) is 9.59 Å². The van der Waals surface area contributed by atoms with E-state index in [1.54, 1.807) is 32.9 Å². The standard InChI is InChI=1S/C22H26BrN5O4/c1-22(2,3)32-21(30)26(15-16-31-19-7-5-4-6-8-19)13-14-27-20(29)28(25-24-27)18-11-9-17(23)10-12-18/h4-12H,13-16H2,1-3H3. The van der Waals surface area contributed by atoms with E-state index >= 15 is 0 Å². The molecule has 0 bridgehead atoms. The van der Waals surface area contributed by atoms with Gasteiger partial charge in [0.05, 0.1) is 18.8 Å². The minimum atomic E-state index is -0.642. The molecule has 0 radical (unpaired) electrons. The quantitative estimate of drug-likeness (QED) is 0.467. The molecule has 0 atom stereocenters. The highest BCUT2D eigenvalue weighted by atomic mass is 79.9. The molecule has 1 aromatic heterocycles. The Morgan fingerprint density at radius 2 is 1.72 bits per heavy atom. The van der Waals surface area contributed by atoms with Gasteiger partial charge in [0.2, 0.25) is 0 Å². The van der Waals surface area contributed by atoms with Crippen molar-refractivity contribution in [2.24, 2.45) is 0 Å². The van der Waals surface area contributed by atoms with Crippen LogP contribution in [0.5, 0.6) is 5.75 Å². The fourth-order valence-electron chi connectivity index (χ4n) is 2.79. The first kappa shape index (κ1) is 23.5. The van der Waals surface area contributed by atoms with Gasteiger partial charge in [-0.1, -0.05) is 34.1 Å². The lowest BCUT2D eigenvalue weighted by atomic mass is 10.2. The number of benzene rings is 2. The summed E-state index contributed by atoms with van der Waals surface area (Å²) >= 11 is 3.36. The van der Waals surface area contributed by atoms with Gasteiger partial charge in [-0.25, -0.2) is 9.59 Å². The molecule has 9 nitrogen and oxygen atoms in total. The number of ether oxygens (including phenoxy) is 2. The van der Waals surface area contributed by atoms with E-state index in [0.717, 1.165) is 4.47 Å². The first-order valence-corrected chi connectivity index (χ1v) is 11.0. The highest BCUT2D eigenvalue weighted by Crippen LogP contribution is 2.13. The van der Waals surface area contributed by atoms with Crippen molar-refractivity contribution in [2.75, 3.05) is 19.7 Å². The van der Waals surface area contributed by atoms with Crippen LogP contribution in [-0.4, -0.2) is 56.1 Å². The molecule has 0 N–H and O–H groups in total. The van der Waals surface area contributed by atoms with E-state index in [2.05, 4.69) is 26.4 Å². The molecule has 0 saturated heterocycles. The van der Waals surface area contributed by atoms with Gasteiger partial charge in [0, 0.05) is 11.0 Å². The number of para-hydroxylation sites is 1. The highest BCUT2D eigenvalue weighted by molar-refractivity contribution is 9.10. The van der Waals surface area contributed by atoms with Crippen LogP contribution in [0.1, 0.15) is 20.8 Å². The monoisotopic (exact) mass is 503 g/mol. The predicted molar refractivity (Wildman–Crippen MR) is 123 cm³/mol. The van der Waals surface area contributed by atoms with Gasteiger partial charge >= 0.3 is 11.8 Å². The van der Waals surface area contributed by atoms with Crippen LogP contribution < -0.4 is 10.4 Å². The molecule has 0 spiro atoms. The van der Waals surface area contributed by atoms with Crippen LogP contribution in [0.15, 0.2) is 63.9 Å². The van der Waals surface area contributed by atoms with Gasteiger partial charge in [-0.05, 0) is 67.6 Å². The van der Waals surface area contributed by atoms with Crippen molar-refractivity contribution in [1.82, 2.24) is 24.7 Å². The zero-order valence-electron chi connectivity index (χ0n) is 18.3. The summed E-state index contributed by atoms with van der Waals surface area (Å²) in [4.78, 5) is 26.9. The van der Waals surface area contributed by atoms with E-state index in [1.165, 1.54) is 14.3 Å². The molecule has 0 aliphatic carbocycles. The van der Waals surface area contributed by atoms with Crippen molar-refractivity contribution in [3.63, 3.8) is 0 Å². The van der Waals surface area contributed by atoms with Gasteiger partial charge in [-0.15, -0.1) is 0 Å². The minimum absolute atomic E-state index is 0.167. The summed E-state index contributed by atoms with van der Waals surface area (Å²) in [5, 5.41) is 7.89. The molecule has 10 heteroatoms. The van der Waals surface area contributed by atoms with E-state index < -0.39 is 17.4 Å². The Morgan fingerprint density at radius 1 is 1.03 bits per heavy atom. The second-order valence-corrected chi connectivity index (χ2v) is 8.92. The molecule has 0 aliphatic rings. The Kier molecular flexibility index (Phi) is 7.68. The Morgan fingerprint density at radius 3 is 2.38 bits per heavy atom. The average molecular weight is 504 g/mol. The Balaban J connectivity index is 1.66. The van der Waals surface area contributed by atoms with Gasteiger partial charge in [0.25, 0.3) is 0 Å². The molecule has 1 amide bonds. The van der Waals surface area contributed by atoms with Gasteiger partial charge in [-0.3, -0.25) is 0 Å². The number of carbonyl (C=O) groups excluding carboxylic acids is 1. The molecule has 3 rings (SSSR count). The maximum absolute atomic E-state index is 12.7. The molecular formula is C22H26BrN5O4. The molecule has 2 aromatic carbocycles. The Hall–Kier alpha value is -3.14. The van der Waals surface area contributed by atoms with Gasteiger partial charge in [-0.2, -0.15) is 9.36 Å². The van der Waals surface area contributed by atoms with E-state index in [0.29, 0.717) is 18.0 Å². The SMILES string of the molecule is CC(C)(C)OC(=O)N(CCOc1ccccc1)CCn1nnn(-c2ccc(Br)cc2)c1=O. The van der Waals surface area contributed by atoms with E-state index in [1.807, 2.05) is 42.5 Å². The second-order valence-electron chi connectivity index (χ2n) is 8.00. The largest absolute Gasteiger partial charge is 0.492 e. The Labute approximate surface area is 194 Å². The molecule has 3 aromatic rings. The summed E-state index contributed by atoms with van der Waals surface area (Å²) in [6.07, 6.45) is -0.484. The summed E-state index contributed by atoms with van der Waals surface area (Å²) in [5.41, 5.74) is -0.432. The number of nitrogens with zero attached hydrogens (tertiary/aromatic N) is 5. The Bertz CT molecular complexity index is 1070. The zero-order chi connectivity index (χ0) is 23.1. The summed E-state index contributed by atoms with van der Waals surface area (Å²) in [5.74, 6) is 0.713. The molecule has 32 heavy (non-hydrogen) atoms. The van der Waals surface area contributed by atoms with Gasteiger partial charge < -0.3 is 14.4 Å². The number of carbonyl (C=O) groups is 1. The second kappa shape index (κ2) is 10.4. The topological polar surface area (TPSA) is 91.5 Å². The van der Waals surface area contributed by atoms with Crippen LogP contribution in [0.2, 0.25) is 0 Å². The van der Waals surface area contributed by atoms with E-state index in [4.69, 9.17) is 9.47 Å². The third kappa shape index (κ3) is 6.68. The lowest BCUT2D eigenvalue weighted by Crippen LogP contribution is -2.41. The van der Waals surface area contributed by atoms with Crippen LogP contribution in [0.4, 0.5) is 4.79 Å². The number of hydrogen-bond donors (Lipinski definition) is 0.